The van der Waals surface area contributed by atoms with Gasteiger partial charge in [-0.15, -0.1) is 24.0 Å². The summed E-state index contributed by atoms with van der Waals surface area (Å²) in [5.74, 6) is 0.760. The third-order valence-corrected chi connectivity index (χ3v) is 2.86. The predicted molar refractivity (Wildman–Crippen MR) is 106 cm³/mol. The van der Waals surface area contributed by atoms with Crippen molar-refractivity contribution < 1.29 is 4.79 Å². The highest BCUT2D eigenvalue weighted by Gasteiger charge is 2.16. The second-order valence-electron chi connectivity index (χ2n) is 7.79. The number of amides is 1. The van der Waals surface area contributed by atoms with Crippen LogP contribution in [0.15, 0.2) is 4.99 Å². The molecule has 0 aliphatic heterocycles. The number of rotatable bonds is 5. The van der Waals surface area contributed by atoms with E-state index >= 15 is 0 Å². The average Bonchev–Trinajstić information content (AvgIpc) is 2.24. The standard InChI is InChI=1S/C16H34N4O.HI/c1-15(2,3)10-9-11-18-14(17-7)20(8)12-13(21)19-16(4,5)6;/h9-12H2,1-8H3,(H,17,18)(H,19,21);1H. The van der Waals surface area contributed by atoms with Crippen molar-refractivity contribution in [1.29, 1.82) is 0 Å². The van der Waals surface area contributed by atoms with Crippen LogP contribution in [0.25, 0.3) is 0 Å². The van der Waals surface area contributed by atoms with E-state index in [0.717, 1.165) is 25.3 Å². The summed E-state index contributed by atoms with van der Waals surface area (Å²) < 4.78 is 0. The first kappa shape index (κ1) is 23.7. The summed E-state index contributed by atoms with van der Waals surface area (Å²) in [6.07, 6.45) is 2.25. The van der Waals surface area contributed by atoms with E-state index in [-0.39, 0.29) is 35.4 Å². The highest BCUT2D eigenvalue weighted by atomic mass is 127. The van der Waals surface area contributed by atoms with Gasteiger partial charge in [0, 0.05) is 26.2 Å². The first-order valence-corrected chi connectivity index (χ1v) is 7.67. The van der Waals surface area contributed by atoms with Gasteiger partial charge in [0.15, 0.2) is 5.96 Å². The molecule has 0 atom stereocenters. The molecule has 0 unspecified atom stereocenters. The molecule has 2 N–H and O–H groups in total. The van der Waals surface area contributed by atoms with Gasteiger partial charge in [-0.05, 0) is 39.0 Å². The Bertz CT molecular complexity index is 356. The molecule has 5 nitrogen and oxygen atoms in total. The van der Waals surface area contributed by atoms with E-state index in [9.17, 15) is 4.79 Å². The van der Waals surface area contributed by atoms with Crippen molar-refractivity contribution in [2.24, 2.45) is 10.4 Å². The largest absolute Gasteiger partial charge is 0.356 e. The monoisotopic (exact) mass is 426 g/mol. The highest BCUT2D eigenvalue weighted by molar-refractivity contribution is 14.0. The SMILES string of the molecule is CN=C(NCCCC(C)(C)C)N(C)CC(=O)NC(C)(C)C.I. The number of carbonyl (C=O) groups is 1. The first-order chi connectivity index (χ1) is 9.44. The molecule has 0 saturated heterocycles. The van der Waals surface area contributed by atoms with E-state index in [1.54, 1.807) is 7.05 Å². The molecular weight excluding hydrogens is 391 g/mol. The third kappa shape index (κ3) is 13.2. The summed E-state index contributed by atoms with van der Waals surface area (Å²) in [7, 11) is 3.62. The van der Waals surface area contributed by atoms with E-state index < -0.39 is 0 Å². The van der Waals surface area contributed by atoms with E-state index in [0.29, 0.717) is 12.0 Å². The predicted octanol–water partition coefficient (Wildman–Crippen LogP) is 2.85. The van der Waals surface area contributed by atoms with Crippen molar-refractivity contribution in [3.63, 3.8) is 0 Å². The Morgan fingerprint density at radius 3 is 2.09 bits per heavy atom. The smallest absolute Gasteiger partial charge is 0.240 e. The summed E-state index contributed by atoms with van der Waals surface area (Å²) in [4.78, 5) is 18.0. The van der Waals surface area contributed by atoms with Gasteiger partial charge in [-0.25, -0.2) is 0 Å². The van der Waals surface area contributed by atoms with E-state index in [2.05, 4.69) is 36.4 Å². The van der Waals surface area contributed by atoms with Crippen LogP contribution in [0.1, 0.15) is 54.4 Å². The van der Waals surface area contributed by atoms with Crippen molar-refractivity contribution in [2.45, 2.75) is 59.9 Å². The summed E-state index contributed by atoms with van der Waals surface area (Å²) in [5, 5.41) is 6.26. The van der Waals surface area contributed by atoms with Crippen LogP contribution in [0.2, 0.25) is 0 Å². The third-order valence-electron chi connectivity index (χ3n) is 2.86. The maximum absolute atomic E-state index is 11.9. The molecule has 0 aliphatic carbocycles. The van der Waals surface area contributed by atoms with Crippen LogP contribution in [0.3, 0.4) is 0 Å². The van der Waals surface area contributed by atoms with Crippen molar-refractivity contribution in [2.75, 3.05) is 27.2 Å². The summed E-state index contributed by atoms with van der Waals surface area (Å²) >= 11 is 0. The van der Waals surface area contributed by atoms with Crippen LogP contribution in [0.5, 0.6) is 0 Å². The minimum absolute atomic E-state index is 0. The number of hydrogen-bond donors (Lipinski definition) is 2. The average molecular weight is 426 g/mol. The molecule has 6 heteroatoms. The second-order valence-corrected chi connectivity index (χ2v) is 7.79. The van der Waals surface area contributed by atoms with Crippen LogP contribution in [-0.2, 0) is 4.79 Å². The number of aliphatic imine (C=N–C) groups is 1. The number of nitrogens with zero attached hydrogens (tertiary/aromatic N) is 2. The molecule has 0 fully saturated rings. The second kappa shape index (κ2) is 10.3. The van der Waals surface area contributed by atoms with E-state index in [1.165, 1.54) is 0 Å². The zero-order valence-electron chi connectivity index (χ0n) is 15.5. The summed E-state index contributed by atoms with van der Waals surface area (Å²) in [6.45, 7) is 13.8. The zero-order chi connectivity index (χ0) is 16.7. The molecule has 0 saturated carbocycles. The van der Waals surface area contributed by atoms with Crippen molar-refractivity contribution in [1.82, 2.24) is 15.5 Å². The van der Waals surface area contributed by atoms with Crippen LogP contribution in [0.4, 0.5) is 0 Å². The Kier molecular flexibility index (Phi) is 11.1. The Hall–Kier alpha value is -0.530. The fourth-order valence-corrected chi connectivity index (χ4v) is 1.95. The normalized spacial score (nSPS) is 12.5. The molecule has 0 radical (unpaired) electrons. The molecule has 0 aromatic rings. The fourth-order valence-electron chi connectivity index (χ4n) is 1.95. The first-order valence-electron chi connectivity index (χ1n) is 7.67. The molecule has 0 aromatic carbocycles. The van der Waals surface area contributed by atoms with Gasteiger partial charge < -0.3 is 15.5 Å². The quantitative estimate of drug-likeness (QED) is 0.308. The molecule has 22 heavy (non-hydrogen) atoms. The topological polar surface area (TPSA) is 56.7 Å². The molecule has 0 aliphatic rings. The Morgan fingerprint density at radius 2 is 1.68 bits per heavy atom. The highest BCUT2D eigenvalue weighted by Crippen LogP contribution is 2.19. The van der Waals surface area contributed by atoms with Crippen LogP contribution < -0.4 is 10.6 Å². The number of guanidine groups is 1. The zero-order valence-corrected chi connectivity index (χ0v) is 17.9. The minimum atomic E-state index is -0.207. The van der Waals surface area contributed by atoms with E-state index in [1.807, 2.05) is 32.7 Å². The van der Waals surface area contributed by atoms with Gasteiger partial charge >= 0.3 is 0 Å². The van der Waals surface area contributed by atoms with Gasteiger partial charge in [-0.2, -0.15) is 0 Å². The number of likely N-dealkylation sites (N-methyl/N-ethyl adjacent to an activating group) is 1. The molecule has 1 amide bonds. The van der Waals surface area contributed by atoms with Crippen molar-refractivity contribution in [3.05, 3.63) is 0 Å². The van der Waals surface area contributed by atoms with Crippen molar-refractivity contribution >= 4 is 35.8 Å². The number of hydrogen-bond acceptors (Lipinski definition) is 2. The molecule has 132 valence electrons. The maximum atomic E-state index is 11.9. The molecule has 0 bridgehead atoms. The Morgan fingerprint density at radius 1 is 1.14 bits per heavy atom. The van der Waals surface area contributed by atoms with Gasteiger partial charge in [-0.3, -0.25) is 9.79 Å². The van der Waals surface area contributed by atoms with Gasteiger partial charge in [0.2, 0.25) is 5.91 Å². The van der Waals surface area contributed by atoms with Crippen LogP contribution in [-0.4, -0.2) is 49.5 Å². The molecule has 0 aromatic heterocycles. The lowest BCUT2D eigenvalue weighted by atomic mass is 9.91. The van der Waals surface area contributed by atoms with E-state index in [4.69, 9.17) is 0 Å². The molecule has 0 rings (SSSR count). The molecule has 0 spiro atoms. The fraction of sp³-hybridized carbons (Fsp3) is 0.875. The molecule has 0 heterocycles. The molecular formula is C16H35IN4O. The van der Waals surface area contributed by atoms with Crippen molar-refractivity contribution in [3.8, 4) is 0 Å². The van der Waals surface area contributed by atoms with Crippen LogP contribution in [0, 0.1) is 5.41 Å². The Labute approximate surface area is 153 Å². The number of carbonyl (C=O) groups excluding carboxylic acids is 1. The van der Waals surface area contributed by atoms with Gasteiger partial charge in [0.1, 0.15) is 0 Å². The maximum Gasteiger partial charge on any atom is 0.240 e. The minimum Gasteiger partial charge on any atom is -0.356 e. The van der Waals surface area contributed by atoms with Gasteiger partial charge in [0.05, 0.1) is 6.54 Å². The van der Waals surface area contributed by atoms with Crippen LogP contribution >= 0.6 is 24.0 Å². The lowest BCUT2D eigenvalue weighted by molar-refractivity contribution is -0.122. The number of halogens is 1. The Balaban J connectivity index is 0. The lowest BCUT2D eigenvalue weighted by Gasteiger charge is -2.25. The number of nitrogens with one attached hydrogen (secondary N) is 2. The lowest BCUT2D eigenvalue weighted by Crippen LogP contribution is -2.48. The van der Waals surface area contributed by atoms with Gasteiger partial charge in [0.25, 0.3) is 0 Å². The van der Waals surface area contributed by atoms with Gasteiger partial charge in [-0.1, -0.05) is 20.8 Å². The summed E-state index contributed by atoms with van der Waals surface area (Å²) in [5.41, 5.74) is 0.144. The summed E-state index contributed by atoms with van der Waals surface area (Å²) in [6, 6.07) is 0.